The molecule has 40 heavy (non-hydrogen) atoms. The average molecular weight is 582 g/mol. The summed E-state index contributed by atoms with van der Waals surface area (Å²) in [5, 5.41) is 0. The molecule has 0 unspecified atom stereocenters. The van der Waals surface area contributed by atoms with Crippen LogP contribution >= 0.6 is 0 Å². The number of likely N-dealkylation sites (N-methyl/N-ethyl adjacent to an activating group) is 1. The molecule has 4 rings (SSSR count). The number of aromatic nitrogens is 3. The van der Waals surface area contributed by atoms with Crippen LogP contribution in [0.2, 0.25) is 0 Å². The Hall–Kier alpha value is -3.98. The molecule has 0 spiro atoms. The molecule has 1 fully saturated rings. The molecule has 0 saturated heterocycles. The van der Waals surface area contributed by atoms with E-state index in [1.54, 1.807) is 6.07 Å². The number of halogens is 3. The van der Waals surface area contributed by atoms with Crippen molar-refractivity contribution in [3.05, 3.63) is 66.7 Å². The van der Waals surface area contributed by atoms with Gasteiger partial charge in [0.05, 0.1) is 6.20 Å². The van der Waals surface area contributed by atoms with E-state index in [1.807, 2.05) is 19.0 Å². The third kappa shape index (κ3) is 6.96. The maximum atomic E-state index is 13.1. The second kappa shape index (κ2) is 12.0. The van der Waals surface area contributed by atoms with Crippen molar-refractivity contribution in [3.8, 4) is 11.6 Å². The van der Waals surface area contributed by atoms with Crippen molar-refractivity contribution in [2.45, 2.75) is 48.6 Å². The van der Waals surface area contributed by atoms with Gasteiger partial charge < -0.3 is 19.2 Å². The number of alkyl halides is 3. The zero-order valence-corrected chi connectivity index (χ0v) is 22.2. The topological polar surface area (TPSA) is 124 Å². The highest BCUT2D eigenvalue weighted by atomic mass is 32.2. The molecule has 2 aromatic heterocycles. The summed E-state index contributed by atoms with van der Waals surface area (Å²) in [4.78, 5) is 29.0. The Kier molecular flexibility index (Phi) is 8.73. The van der Waals surface area contributed by atoms with Crippen LogP contribution in [0, 0.1) is 0 Å². The van der Waals surface area contributed by atoms with E-state index in [9.17, 15) is 26.4 Å². The number of pyridine rings is 1. The standard InChI is InChI=1S/C25H26F3N5O6S/c1-32(2)21-13-18(17-4-3-5-19(12-17)39-25(26,27)28)6-8-22(21)38-24-9-7-20(14-30-24)40(35,36)33(37-16-34)23-10-11-29-15-31-23/h3-5,7,9-12,14-16,18,21-22H,6,8,13H2,1-2H3/t18-,21-,22-/m0/s1. The first kappa shape index (κ1) is 29.0. The summed E-state index contributed by atoms with van der Waals surface area (Å²) in [6, 6.07) is 9.80. The van der Waals surface area contributed by atoms with E-state index in [2.05, 4.69) is 24.5 Å². The van der Waals surface area contributed by atoms with Crippen molar-refractivity contribution >= 4 is 22.3 Å². The Bertz CT molecular complexity index is 1390. The normalized spacial score (nSPS) is 19.6. The fraction of sp³-hybridized carbons (Fsp3) is 0.360. The highest BCUT2D eigenvalue weighted by Crippen LogP contribution is 2.38. The molecule has 15 heteroatoms. The molecule has 214 valence electrons. The van der Waals surface area contributed by atoms with Gasteiger partial charge in [-0.15, -0.1) is 13.2 Å². The van der Waals surface area contributed by atoms with Crippen molar-refractivity contribution < 1.29 is 40.7 Å². The predicted molar refractivity (Wildman–Crippen MR) is 135 cm³/mol. The number of benzene rings is 1. The van der Waals surface area contributed by atoms with Crippen LogP contribution in [0.3, 0.4) is 0 Å². The third-order valence-electron chi connectivity index (χ3n) is 6.37. The van der Waals surface area contributed by atoms with Gasteiger partial charge in [-0.3, -0.25) is 4.79 Å². The molecule has 1 aromatic carbocycles. The molecule has 1 aliphatic rings. The lowest BCUT2D eigenvalue weighted by molar-refractivity contribution is -0.274. The van der Waals surface area contributed by atoms with E-state index in [1.165, 1.54) is 42.6 Å². The lowest BCUT2D eigenvalue weighted by Crippen LogP contribution is -2.46. The largest absolute Gasteiger partial charge is 0.573 e. The number of sulfonamides is 1. The Labute approximate surface area is 228 Å². The monoisotopic (exact) mass is 581 g/mol. The fourth-order valence-electron chi connectivity index (χ4n) is 4.57. The van der Waals surface area contributed by atoms with Gasteiger partial charge in [0.2, 0.25) is 5.88 Å². The number of rotatable bonds is 10. The van der Waals surface area contributed by atoms with E-state index < -0.39 is 16.4 Å². The summed E-state index contributed by atoms with van der Waals surface area (Å²) >= 11 is 0. The first-order valence-electron chi connectivity index (χ1n) is 12.0. The summed E-state index contributed by atoms with van der Waals surface area (Å²) in [6.07, 6.45) is 0.218. The minimum Gasteiger partial charge on any atom is -0.473 e. The second-order valence-corrected chi connectivity index (χ2v) is 10.9. The van der Waals surface area contributed by atoms with Crippen LogP contribution in [-0.4, -0.2) is 67.3 Å². The van der Waals surface area contributed by atoms with E-state index in [-0.39, 0.29) is 46.9 Å². The van der Waals surface area contributed by atoms with Crippen LogP contribution in [0.1, 0.15) is 30.7 Å². The molecule has 0 N–H and O–H groups in total. The molecule has 0 radical (unpaired) electrons. The minimum absolute atomic E-state index is 0.0184. The molecule has 1 saturated carbocycles. The highest BCUT2D eigenvalue weighted by Gasteiger charge is 2.36. The summed E-state index contributed by atoms with van der Waals surface area (Å²) in [6.45, 7) is -0.0398. The number of carbonyl (C=O) groups excluding carboxylic acids is 1. The fourth-order valence-corrected chi connectivity index (χ4v) is 5.69. The summed E-state index contributed by atoms with van der Waals surface area (Å²) in [5.41, 5.74) is 0.741. The predicted octanol–water partition coefficient (Wildman–Crippen LogP) is 3.70. The van der Waals surface area contributed by atoms with Gasteiger partial charge in [0.1, 0.15) is 23.1 Å². The van der Waals surface area contributed by atoms with Gasteiger partial charge in [-0.05, 0) is 63.0 Å². The molecule has 1 aliphatic carbocycles. The number of hydrogen-bond donors (Lipinski definition) is 0. The number of anilines is 1. The van der Waals surface area contributed by atoms with Crippen LogP contribution in [-0.2, 0) is 19.7 Å². The van der Waals surface area contributed by atoms with E-state index >= 15 is 0 Å². The summed E-state index contributed by atoms with van der Waals surface area (Å²) in [5.74, 6) is -0.279. The summed E-state index contributed by atoms with van der Waals surface area (Å²) in [7, 11) is -0.602. The van der Waals surface area contributed by atoms with Crippen molar-refractivity contribution in [1.29, 1.82) is 0 Å². The molecular weight excluding hydrogens is 555 g/mol. The van der Waals surface area contributed by atoms with Crippen LogP contribution < -0.4 is 13.9 Å². The van der Waals surface area contributed by atoms with Crippen molar-refractivity contribution in [1.82, 2.24) is 19.9 Å². The smallest absolute Gasteiger partial charge is 0.473 e. The highest BCUT2D eigenvalue weighted by molar-refractivity contribution is 7.92. The molecule has 0 aliphatic heterocycles. The van der Waals surface area contributed by atoms with E-state index in [0.29, 0.717) is 23.7 Å². The SMILES string of the molecule is CN(C)[C@H]1C[C@@H](c2cccc(OC(F)(F)F)c2)CC[C@@H]1Oc1ccc(S(=O)(=O)N(OC=O)c2ccncn2)cn1. The zero-order valence-electron chi connectivity index (χ0n) is 21.4. The molecule has 0 bridgehead atoms. The maximum Gasteiger partial charge on any atom is 0.573 e. The zero-order chi connectivity index (χ0) is 28.9. The van der Waals surface area contributed by atoms with E-state index in [4.69, 9.17) is 4.74 Å². The molecule has 11 nitrogen and oxygen atoms in total. The number of hydrogen-bond acceptors (Lipinski definition) is 10. The molecule has 0 amide bonds. The quantitative estimate of drug-likeness (QED) is 0.259. The number of nitrogens with zero attached hydrogens (tertiary/aromatic N) is 5. The van der Waals surface area contributed by atoms with Gasteiger partial charge in [0.15, 0.2) is 5.82 Å². The van der Waals surface area contributed by atoms with Crippen LogP contribution in [0.25, 0.3) is 0 Å². The van der Waals surface area contributed by atoms with Gasteiger partial charge in [0.25, 0.3) is 10.0 Å². The molecular formula is C25H26F3N5O6S. The first-order chi connectivity index (χ1) is 19.0. The van der Waals surface area contributed by atoms with Crippen LogP contribution in [0.15, 0.2) is 66.1 Å². The Balaban J connectivity index is 1.47. The average Bonchev–Trinajstić information content (AvgIpc) is 2.91. The number of carbonyl (C=O) groups is 1. The minimum atomic E-state index is -4.77. The molecule has 3 atom stereocenters. The lowest BCUT2D eigenvalue weighted by atomic mass is 9.79. The lowest BCUT2D eigenvalue weighted by Gasteiger charge is -2.39. The second-order valence-electron chi connectivity index (χ2n) is 9.15. The first-order valence-corrected chi connectivity index (χ1v) is 13.5. The van der Waals surface area contributed by atoms with Crippen molar-refractivity contribution in [2.75, 3.05) is 18.6 Å². The Morgan fingerprint density at radius 2 is 1.88 bits per heavy atom. The van der Waals surface area contributed by atoms with Gasteiger partial charge in [-0.1, -0.05) is 16.6 Å². The van der Waals surface area contributed by atoms with Gasteiger partial charge in [-0.2, -0.15) is 8.42 Å². The maximum absolute atomic E-state index is 13.1. The van der Waals surface area contributed by atoms with Crippen molar-refractivity contribution in [2.24, 2.45) is 0 Å². The van der Waals surface area contributed by atoms with Crippen molar-refractivity contribution in [3.63, 3.8) is 0 Å². The molecule has 2 heterocycles. The number of ether oxygens (including phenoxy) is 2. The van der Waals surface area contributed by atoms with Gasteiger partial charge in [0, 0.05) is 24.4 Å². The summed E-state index contributed by atoms with van der Waals surface area (Å²) < 4.78 is 74.7. The Morgan fingerprint density at radius 1 is 1.07 bits per heavy atom. The van der Waals surface area contributed by atoms with Gasteiger partial charge >= 0.3 is 12.8 Å². The third-order valence-corrected chi connectivity index (χ3v) is 7.92. The van der Waals surface area contributed by atoms with Crippen LogP contribution in [0.5, 0.6) is 11.6 Å². The Morgan fingerprint density at radius 3 is 2.50 bits per heavy atom. The van der Waals surface area contributed by atoms with Crippen LogP contribution in [0.4, 0.5) is 19.0 Å². The van der Waals surface area contributed by atoms with Gasteiger partial charge in [-0.25, -0.2) is 15.0 Å². The molecule has 3 aromatic rings. The van der Waals surface area contributed by atoms with E-state index in [0.717, 1.165) is 18.1 Å².